The normalized spacial score (nSPS) is 14.3. The minimum absolute atomic E-state index is 0.160. The second-order valence-electron chi connectivity index (χ2n) is 8.82. The zero-order valence-electron chi connectivity index (χ0n) is 19.4. The smallest absolute Gasteiger partial charge is 0.135 e. The molecule has 5 aromatic carbocycles. The molecule has 0 radical (unpaired) electrons. The Morgan fingerprint density at radius 1 is 0.571 bits per heavy atom. The molecular formula is C32H25BrOP+. The maximum Gasteiger partial charge on any atom is 0.135 e. The van der Waals surface area contributed by atoms with Crippen LogP contribution in [0.1, 0.15) is 16.8 Å². The van der Waals surface area contributed by atoms with Crippen molar-refractivity contribution >= 4 is 39.1 Å². The Morgan fingerprint density at radius 2 is 1.03 bits per heavy atom. The summed E-state index contributed by atoms with van der Waals surface area (Å²) in [6.45, 7) is 0. The first-order chi connectivity index (χ1) is 17.2. The van der Waals surface area contributed by atoms with Crippen LogP contribution in [0.3, 0.4) is 0 Å². The molecule has 1 nitrogen and oxygen atoms in total. The molecule has 0 saturated carbocycles. The summed E-state index contributed by atoms with van der Waals surface area (Å²) in [6.07, 6.45) is 0. The molecular weight excluding hydrogens is 511 g/mol. The highest BCUT2D eigenvalue weighted by Crippen LogP contribution is 2.73. The van der Waals surface area contributed by atoms with E-state index in [0.29, 0.717) is 0 Å². The molecule has 0 N–H and O–H groups in total. The average molecular weight is 536 g/mol. The minimum Gasteiger partial charge on any atom is -0.497 e. The third-order valence-electron chi connectivity index (χ3n) is 7.03. The molecule has 0 saturated heterocycles. The van der Waals surface area contributed by atoms with E-state index in [2.05, 4.69) is 143 Å². The molecule has 5 aromatic rings. The summed E-state index contributed by atoms with van der Waals surface area (Å²) < 4.78 is 6.85. The molecule has 0 heterocycles. The van der Waals surface area contributed by atoms with Gasteiger partial charge in [0, 0.05) is 15.6 Å². The predicted molar refractivity (Wildman–Crippen MR) is 153 cm³/mol. The van der Waals surface area contributed by atoms with Crippen molar-refractivity contribution in [2.45, 2.75) is 5.66 Å². The van der Waals surface area contributed by atoms with Gasteiger partial charge < -0.3 is 4.74 Å². The second-order valence-corrected chi connectivity index (χ2v) is 13.2. The van der Waals surface area contributed by atoms with Gasteiger partial charge in [0.1, 0.15) is 34.6 Å². The Labute approximate surface area is 215 Å². The lowest BCUT2D eigenvalue weighted by Gasteiger charge is -2.34. The molecule has 6 rings (SSSR count). The molecule has 0 aliphatic heterocycles. The van der Waals surface area contributed by atoms with Gasteiger partial charge in [-0.1, -0.05) is 82.7 Å². The summed E-state index contributed by atoms with van der Waals surface area (Å²) in [7, 11) is -0.439. The van der Waals surface area contributed by atoms with Crippen molar-refractivity contribution in [1.29, 1.82) is 0 Å². The van der Waals surface area contributed by atoms with Crippen molar-refractivity contribution in [3.05, 3.63) is 143 Å². The average Bonchev–Trinajstić information content (AvgIpc) is 3.24. The lowest BCUT2D eigenvalue weighted by Crippen LogP contribution is -2.35. The molecule has 1 aliphatic carbocycles. The zero-order chi connectivity index (χ0) is 23.8. The number of halogens is 1. The van der Waals surface area contributed by atoms with Crippen LogP contribution in [0.15, 0.2) is 132 Å². The molecule has 0 spiro atoms. The van der Waals surface area contributed by atoms with Crippen molar-refractivity contribution in [3.8, 4) is 16.9 Å². The maximum absolute atomic E-state index is 5.74. The fourth-order valence-corrected chi connectivity index (χ4v) is 11.0. The summed E-state index contributed by atoms with van der Waals surface area (Å²) in [5.41, 5.74) is 5.47. The number of methoxy groups -OCH3 is 1. The molecule has 0 bridgehead atoms. The molecule has 0 fully saturated rings. The van der Waals surface area contributed by atoms with Crippen molar-refractivity contribution in [2.75, 3.05) is 7.11 Å². The van der Waals surface area contributed by atoms with Crippen LogP contribution in [0.2, 0.25) is 0 Å². The molecule has 0 amide bonds. The lowest BCUT2D eigenvalue weighted by atomic mass is 10.1. The van der Waals surface area contributed by atoms with Crippen LogP contribution >= 0.6 is 23.2 Å². The van der Waals surface area contributed by atoms with Crippen LogP contribution in [0.5, 0.6) is 5.75 Å². The van der Waals surface area contributed by atoms with Gasteiger partial charge in [-0.3, -0.25) is 0 Å². The Kier molecular flexibility index (Phi) is 5.80. The number of ether oxygens (including phenoxy) is 1. The van der Waals surface area contributed by atoms with E-state index in [1.165, 1.54) is 38.2 Å². The van der Waals surface area contributed by atoms with Crippen molar-refractivity contribution < 1.29 is 4.74 Å². The number of hydrogen-bond acceptors (Lipinski definition) is 1. The van der Waals surface area contributed by atoms with E-state index in [9.17, 15) is 0 Å². The fourth-order valence-electron chi connectivity index (χ4n) is 5.61. The summed E-state index contributed by atoms with van der Waals surface area (Å²) in [6, 6.07) is 46.7. The number of rotatable bonds is 5. The summed E-state index contributed by atoms with van der Waals surface area (Å²) in [5, 5.41) is 4.14. The highest BCUT2D eigenvalue weighted by Gasteiger charge is 2.56. The van der Waals surface area contributed by atoms with Crippen LogP contribution < -0.4 is 20.7 Å². The largest absolute Gasteiger partial charge is 0.497 e. The van der Waals surface area contributed by atoms with Crippen LogP contribution in [0.4, 0.5) is 0 Å². The first-order valence-electron chi connectivity index (χ1n) is 11.8. The van der Waals surface area contributed by atoms with Crippen LogP contribution in [-0.4, -0.2) is 7.11 Å². The molecule has 1 aliphatic rings. The Bertz CT molecular complexity index is 1390. The molecule has 0 aromatic heterocycles. The third-order valence-corrected chi connectivity index (χ3v) is 12.2. The standard InChI is InChI=1S/C32H25BrOP/c1-34-24-18-20-29-28-19-17-23(33)21-30(28)32(31(29)22-24)35(25-11-5-2-6-12-25,26-13-7-3-8-14-26)27-15-9-4-10-16-27/h2-22,32H,1H3/q+1. The quantitative estimate of drug-likeness (QED) is 0.211. The topological polar surface area (TPSA) is 9.23 Å². The van der Waals surface area contributed by atoms with Gasteiger partial charge in [0.2, 0.25) is 0 Å². The van der Waals surface area contributed by atoms with E-state index in [1.54, 1.807) is 7.11 Å². The van der Waals surface area contributed by atoms with Gasteiger partial charge in [0.05, 0.1) is 7.11 Å². The number of fused-ring (bicyclic) bond motifs is 3. The number of hydrogen-bond donors (Lipinski definition) is 0. The molecule has 3 heteroatoms. The molecule has 35 heavy (non-hydrogen) atoms. The Morgan fingerprint density at radius 3 is 1.51 bits per heavy atom. The molecule has 170 valence electrons. The molecule has 1 atom stereocenters. The SMILES string of the molecule is COc1ccc2c(c1)C([P+](c1ccccc1)(c1ccccc1)c1ccccc1)c1cc(Br)ccc1-2. The summed E-state index contributed by atoms with van der Waals surface area (Å²) >= 11 is 3.79. The van der Waals surface area contributed by atoms with Gasteiger partial charge >= 0.3 is 0 Å². The van der Waals surface area contributed by atoms with Gasteiger partial charge in [-0.15, -0.1) is 0 Å². The van der Waals surface area contributed by atoms with Gasteiger partial charge in [-0.25, -0.2) is 0 Å². The van der Waals surface area contributed by atoms with Gasteiger partial charge in [0.25, 0.3) is 0 Å². The van der Waals surface area contributed by atoms with E-state index in [-0.39, 0.29) is 5.66 Å². The fraction of sp³-hybridized carbons (Fsp3) is 0.0625. The lowest BCUT2D eigenvalue weighted by molar-refractivity contribution is 0.414. The predicted octanol–water partition coefficient (Wildman–Crippen LogP) is 7.52. The van der Waals surface area contributed by atoms with E-state index >= 15 is 0 Å². The Balaban J connectivity index is 1.79. The van der Waals surface area contributed by atoms with Crippen LogP contribution in [0.25, 0.3) is 11.1 Å². The highest BCUT2D eigenvalue weighted by molar-refractivity contribution is 9.10. The van der Waals surface area contributed by atoms with Crippen molar-refractivity contribution in [1.82, 2.24) is 0 Å². The minimum atomic E-state index is -2.19. The van der Waals surface area contributed by atoms with Gasteiger partial charge in [-0.2, -0.15) is 0 Å². The van der Waals surface area contributed by atoms with Crippen molar-refractivity contribution in [2.24, 2.45) is 0 Å². The summed E-state index contributed by atoms with van der Waals surface area (Å²) in [5.74, 6) is 0.896. The maximum atomic E-state index is 5.74. The van der Waals surface area contributed by atoms with Crippen molar-refractivity contribution in [3.63, 3.8) is 0 Å². The van der Waals surface area contributed by atoms with Gasteiger partial charge in [0.15, 0.2) is 0 Å². The van der Waals surface area contributed by atoms with Crippen LogP contribution in [0, 0.1) is 0 Å². The van der Waals surface area contributed by atoms with Crippen LogP contribution in [-0.2, 0) is 0 Å². The van der Waals surface area contributed by atoms with E-state index in [0.717, 1.165) is 10.2 Å². The zero-order valence-corrected chi connectivity index (χ0v) is 21.9. The number of benzene rings is 5. The van der Waals surface area contributed by atoms with E-state index in [1.807, 2.05) is 0 Å². The van der Waals surface area contributed by atoms with E-state index in [4.69, 9.17) is 4.74 Å². The first kappa shape index (κ1) is 22.3. The molecule has 1 unspecified atom stereocenters. The summed E-state index contributed by atoms with van der Waals surface area (Å²) in [4.78, 5) is 0. The monoisotopic (exact) mass is 535 g/mol. The Hall–Kier alpha value is -3.19. The second kappa shape index (κ2) is 9.11. The first-order valence-corrected chi connectivity index (χ1v) is 14.4. The van der Waals surface area contributed by atoms with E-state index < -0.39 is 7.26 Å². The highest BCUT2D eigenvalue weighted by atomic mass is 79.9. The van der Waals surface area contributed by atoms with Gasteiger partial charge in [-0.05, 0) is 71.8 Å². The third kappa shape index (κ3) is 3.56.